The first kappa shape index (κ1) is 21.0. The predicted octanol–water partition coefficient (Wildman–Crippen LogP) is -2.04. The molecule has 0 spiro atoms. The summed E-state index contributed by atoms with van der Waals surface area (Å²) < 4.78 is 25.7. The summed E-state index contributed by atoms with van der Waals surface area (Å²) in [5.74, 6) is -0.217. The fourth-order valence-electron chi connectivity index (χ4n) is 2.57. The van der Waals surface area contributed by atoms with Gasteiger partial charge in [0.05, 0.1) is 12.9 Å². The fraction of sp³-hybridized carbons (Fsp3) is 0.500. The number of H-pyrrole nitrogens is 1. The second-order valence-corrected chi connectivity index (χ2v) is 8.64. The monoisotopic (exact) mass is 442 g/mol. The number of nitrogens with two attached hydrogens (primary N) is 1. The van der Waals surface area contributed by atoms with Gasteiger partial charge in [-0.25, -0.2) is 19.0 Å². The van der Waals surface area contributed by atoms with Crippen LogP contribution in [0.2, 0.25) is 0 Å². The molecule has 2 aromatic rings. The van der Waals surface area contributed by atoms with Crippen molar-refractivity contribution < 1.29 is 43.0 Å². The summed E-state index contributed by atoms with van der Waals surface area (Å²) in [6.07, 6.45) is -4.64. The third kappa shape index (κ3) is 4.31. The molecule has 0 aromatic carbocycles. The zero-order valence-corrected chi connectivity index (χ0v) is 15.5. The molecule has 3 heterocycles. The van der Waals surface area contributed by atoms with Crippen LogP contribution in [0.4, 0.5) is 5.95 Å². The number of phosphoric acid groups is 1. The summed E-state index contributed by atoms with van der Waals surface area (Å²) in [6.45, 7) is -0.745. The number of aromatic amines is 1. The molecule has 28 heavy (non-hydrogen) atoms. The van der Waals surface area contributed by atoms with Crippen LogP contribution in [0.5, 0.6) is 0 Å². The summed E-state index contributed by atoms with van der Waals surface area (Å²) in [4.78, 5) is 48.5. The third-order valence-corrected chi connectivity index (χ3v) is 5.93. The molecule has 0 amide bonds. The lowest BCUT2D eigenvalue weighted by molar-refractivity contribution is -0.0491. The topological polar surface area (TPSA) is 259 Å². The lowest BCUT2D eigenvalue weighted by atomic mass is 10.1. The van der Waals surface area contributed by atoms with Gasteiger partial charge < -0.3 is 35.4 Å². The van der Waals surface area contributed by atoms with Crippen LogP contribution in [0.3, 0.4) is 0 Å². The van der Waals surface area contributed by atoms with Gasteiger partial charge >= 0.3 is 15.6 Å². The number of nitrogens with zero attached hydrogens (tertiary/aromatic N) is 3. The van der Waals surface area contributed by atoms with E-state index in [1.807, 2.05) is 0 Å². The average Bonchev–Trinajstić information content (AvgIpc) is 3.06. The molecule has 1 fully saturated rings. The second-order valence-electron chi connectivity index (χ2n) is 5.71. The van der Waals surface area contributed by atoms with E-state index in [-0.39, 0.29) is 17.1 Å². The van der Waals surface area contributed by atoms with Gasteiger partial charge in [-0.3, -0.25) is 18.9 Å². The smallest absolute Gasteiger partial charge is 0.387 e. The quantitative estimate of drug-likeness (QED) is 0.225. The number of aliphatic hydroxyl groups is 2. The first-order valence-electron chi connectivity index (χ1n) is 7.40. The first-order chi connectivity index (χ1) is 12.9. The fourth-order valence-corrected chi connectivity index (χ4v) is 4.26. The lowest BCUT2D eigenvalue weighted by Crippen LogP contribution is -2.33. The van der Waals surface area contributed by atoms with E-state index in [9.17, 15) is 24.5 Å². The van der Waals surface area contributed by atoms with Gasteiger partial charge in [0, 0.05) is 0 Å². The van der Waals surface area contributed by atoms with Gasteiger partial charge in [-0.15, -0.1) is 0 Å². The van der Waals surface area contributed by atoms with Crippen LogP contribution in [0, 0.1) is 5.16 Å². The zero-order chi connectivity index (χ0) is 20.9. The third-order valence-electron chi connectivity index (χ3n) is 3.69. The molecule has 18 heteroatoms. The van der Waals surface area contributed by atoms with Crippen LogP contribution < -0.4 is 11.3 Å². The lowest BCUT2D eigenvalue weighted by Gasteiger charge is -2.19. The predicted molar refractivity (Wildman–Crippen MR) is 89.4 cm³/mol. The van der Waals surface area contributed by atoms with Crippen molar-refractivity contribution >= 4 is 32.7 Å². The Morgan fingerprint density at radius 3 is 2.68 bits per heavy atom. The number of rotatable bonds is 6. The Morgan fingerprint density at radius 2 is 2.04 bits per heavy atom. The van der Waals surface area contributed by atoms with Crippen LogP contribution in [0.25, 0.3) is 11.2 Å². The summed E-state index contributed by atoms with van der Waals surface area (Å²) in [7, 11) is -9.87. The number of hydrogen-bond donors (Lipinski definition) is 8. The zero-order valence-electron chi connectivity index (χ0n) is 13.7. The summed E-state index contributed by atoms with van der Waals surface area (Å²) in [5, 5.41) is 27.6. The van der Waals surface area contributed by atoms with E-state index in [0.29, 0.717) is 0 Å². The molecule has 9 N–H and O–H groups in total. The number of nitrogens with one attached hydrogen (secondary N) is 2. The van der Waals surface area contributed by atoms with Crippen molar-refractivity contribution in [3.05, 3.63) is 16.7 Å². The van der Waals surface area contributed by atoms with Gasteiger partial charge in [0.25, 0.3) is 5.56 Å². The van der Waals surface area contributed by atoms with Crippen molar-refractivity contribution in [2.45, 2.75) is 24.5 Å². The van der Waals surface area contributed by atoms with Crippen molar-refractivity contribution in [3.8, 4) is 0 Å². The van der Waals surface area contributed by atoms with E-state index in [0.717, 1.165) is 10.9 Å². The highest BCUT2D eigenvalue weighted by molar-refractivity contribution is 7.61. The highest BCUT2D eigenvalue weighted by Crippen LogP contribution is 2.58. The maximum absolute atomic E-state index is 11.8. The molecule has 0 saturated carbocycles. The normalized spacial score (nSPS) is 27.9. The van der Waals surface area contributed by atoms with Gasteiger partial charge in [-0.1, -0.05) is 0 Å². The maximum Gasteiger partial charge on any atom is 0.477 e. The standard InChI is InChI=1S/C10H16N6O10P2/c11-10-14-7-4(8(19)15-10)13-2-16(7)9-6(18)5(17)3(25-9)1-24-27(12,20)26-28(21,22)23/h2-3,5-6,9,17-18H,1H2,(H2,12,20)(H2,21,22,23)(H3,11,14,15,19)/t3-,5-,6-,9-,27?/m1/s1. The van der Waals surface area contributed by atoms with Crippen LogP contribution in [-0.2, 0) is 18.1 Å². The number of imidazole rings is 1. The minimum atomic E-state index is -5.20. The SMILES string of the molecule is N=P(O)(OC[C@H]1O[C@@H](n2cnc3c(=O)[nH]c(N)nc32)[C@H](O)[C@@H]1O)OP(=O)(O)O. The molecule has 1 saturated heterocycles. The number of ether oxygens (including phenoxy) is 1. The number of nitrogen functional groups attached to an aromatic ring is 1. The van der Waals surface area contributed by atoms with Crippen LogP contribution in [0.1, 0.15) is 6.23 Å². The van der Waals surface area contributed by atoms with Gasteiger partial charge in [-0.2, -0.15) is 4.98 Å². The Balaban J connectivity index is 1.79. The molecule has 0 bridgehead atoms. The van der Waals surface area contributed by atoms with Crippen molar-refractivity contribution in [2.75, 3.05) is 12.3 Å². The Labute approximate surface area is 154 Å². The number of fused-ring (bicyclic) bond motifs is 1. The molecule has 2 aromatic heterocycles. The summed E-state index contributed by atoms with van der Waals surface area (Å²) in [5.41, 5.74) is 4.72. The van der Waals surface area contributed by atoms with Crippen LogP contribution >= 0.6 is 15.6 Å². The van der Waals surface area contributed by atoms with Crippen LogP contribution in [-0.4, -0.2) is 69.3 Å². The highest BCUT2D eigenvalue weighted by atomic mass is 31.3. The van der Waals surface area contributed by atoms with E-state index in [2.05, 4.69) is 23.8 Å². The number of aliphatic hydroxyl groups excluding tert-OH is 2. The molecule has 3 rings (SSSR count). The van der Waals surface area contributed by atoms with E-state index < -0.39 is 52.3 Å². The van der Waals surface area contributed by atoms with E-state index >= 15 is 0 Å². The Morgan fingerprint density at radius 1 is 1.36 bits per heavy atom. The van der Waals surface area contributed by atoms with E-state index in [4.69, 9.17) is 25.4 Å². The summed E-state index contributed by atoms with van der Waals surface area (Å²) in [6, 6.07) is 0. The van der Waals surface area contributed by atoms with E-state index in [1.165, 1.54) is 0 Å². The number of aromatic nitrogens is 4. The summed E-state index contributed by atoms with van der Waals surface area (Å²) >= 11 is 0. The largest absolute Gasteiger partial charge is 0.477 e. The molecule has 0 aliphatic carbocycles. The molecule has 0 radical (unpaired) electrons. The Bertz CT molecular complexity index is 1030. The van der Waals surface area contributed by atoms with Crippen molar-refractivity contribution in [1.29, 1.82) is 5.16 Å². The minimum absolute atomic E-state index is 0.0339. The van der Waals surface area contributed by atoms with Gasteiger partial charge in [-0.05, 0) is 0 Å². The minimum Gasteiger partial charge on any atom is -0.387 e. The number of anilines is 1. The van der Waals surface area contributed by atoms with Gasteiger partial charge in [0.1, 0.15) is 18.3 Å². The van der Waals surface area contributed by atoms with Gasteiger partial charge in [0.2, 0.25) is 5.95 Å². The highest BCUT2D eigenvalue weighted by Gasteiger charge is 2.45. The van der Waals surface area contributed by atoms with Crippen molar-refractivity contribution in [2.24, 2.45) is 0 Å². The molecular formula is C10H16N6O10P2. The molecule has 5 atom stereocenters. The maximum atomic E-state index is 11.8. The van der Waals surface area contributed by atoms with Gasteiger partial charge in [0.15, 0.2) is 17.4 Å². The molecule has 1 unspecified atom stereocenters. The molecular weight excluding hydrogens is 426 g/mol. The molecule has 1 aliphatic heterocycles. The Hall–Kier alpha value is -1.71. The molecule has 156 valence electrons. The van der Waals surface area contributed by atoms with Crippen LogP contribution in [0.15, 0.2) is 11.1 Å². The average molecular weight is 442 g/mol. The Kier molecular flexibility index (Phi) is 5.46. The van der Waals surface area contributed by atoms with Crippen molar-refractivity contribution in [3.63, 3.8) is 0 Å². The molecule has 16 nitrogen and oxygen atoms in total. The number of hydrogen-bond acceptors (Lipinski definition) is 11. The van der Waals surface area contributed by atoms with Crippen molar-refractivity contribution in [1.82, 2.24) is 19.5 Å². The first-order valence-corrected chi connectivity index (χ1v) is 10.5. The second kappa shape index (κ2) is 7.27. The van der Waals surface area contributed by atoms with E-state index in [1.54, 1.807) is 0 Å². The molecule has 1 aliphatic rings.